The van der Waals surface area contributed by atoms with Crippen LogP contribution < -0.4 is 5.73 Å². The maximum Gasteiger partial charge on any atom is 0.304 e. The molecule has 5 heteroatoms. The van der Waals surface area contributed by atoms with Crippen molar-refractivity contribution in [2.75, 3.05) is 6.54 Å². The highest BCUT2D eigenvalue weighted by atomic mass is 35.5. The third kappa shape index (κ3) is 2.71. The van der Waals surface area contributed by atoms with E-state index in [1.807, 2.05) is 0 Å². The summed E-state index contributed by atoms with van der Waals surface area (Å²) in [5.41, 5.74) is 5.47. The number of rotatable bonds is 4. The summed E-state index contributed by atoms with van der Waals surface area (Å²) in [7, 11) is 0. The first-order chi connectivity index (χ1) is 7.39. The Hall–Kier alpha value is -1.13. The predicted octanol–water partition coefficient (Wildman–Crippen LogP) is 2.17. The topological polar surface area (TPSA) is 63.3 Å². The Morgan fingerprint density at radius 3 is 2.69 bits per heavy atom. The molecule has 0 saturated heterocycles. The first kappa shape index (κ1) is 12.9. The Balaban J connectivity index is 3.12. The second-order valence-corrected chi connectivity index (χ2v) is 4.37. The first-order valence-corrected chi connectivity index (χ1v) is 5.14. The Morgan fingerprint density at radius 2 is 2.25 bits per heavy atom. The van der Waals surface area contributed by atoms with Crippen LogP contribution in [-0.4, -0.2) is 17.6 Å². The molecule has 0 saturated carbocycles. The van der Waals surface area contributed by atoms with Gasteiger partial charge in [-0.3, -0.25) is 4.79 Å². The van der Waals surface area contributed by atoms with E-state index >= 15 is 0 Å². The second kappa shape index (κ2) is 4.80. The molecule has 1 aromatic carbocycles. The van der Waals surface area contributed by atoms with Gasteiger partial charge in [0.25, 0.3) is 0 Å². The summed E-state index contributed by atoms with van der Waals surface area (Å²) >= 11 is 5.65. The molecular weight excluding hydrogens is 233 g/mol. The lowest BCUT2D eigenvalue weighted by Crippen LogP contribution is -2.34. The number of carbonyl (C=O) groups is 1. The third-order valence-electron chi connectivity index (χ3n) is 2.61. The number of aliphatic carboxylic acids is 1. The van der Waals surface area contributed by atoms with Crippen LogP contribution in [0.1, 0.15) is 18.9 Å². The lowest BCUT2D eigenvalue weighted by atomic mass is 9.79. The summed E-state index contributed by atoms with van der Waals surface area (Å²) < 4.78 is 13.0. The second-order valence-electron chi connectivity index (χ2n) is 3.96. The van der Waals surface area contributed by atoms with Gasteiger partial charge in [0.15, 0.2) is 0 Å². The normalized spacial score (nSPS) is 14.5. The van der Waals surface area contributed by atoms with Gasteiger partial charge in [0, 0.05) is 12.0 Å². The number of halogens is 2. The van der Waals surface area contributed by atoms with E-state index in [9.17, 15) is 9.18 Å². The summed E-state index contributed by atoms with van der Waals surface area (Å²) in [6, 6.07) is 4.15. The zero-order chi connectivity index (χ0) is 12.3. The van der Waals surface area contributed by atoms with Gasteiger partial charge in [-0.2, -0.15) is 0 Å². The minimum absolute atomic E-state index is 0.0254. The molecule has 16 heavy (non-hydrogen) atoms. The molecule has 0 heterocycles. The van der Waals surface area contributed by atoms with Crippen LogP contribution in [0.4, 0.5) is 4.39 Å². The monoisotopic (exact) mass is 245 g/mol. The zero-order valence-electron chi connectivity index (χ0n) is 8.84. The molecule has 0 radical (unpaired) electrons. The van der Waals surface area contributed by atoms with Gasteiger partial charge in [0.1, 0.15) is 5.82 Å². The van der Waals surface area contributed by atoms with Crippen molar-refractivity contribution in [3.63, 3.8) is 0 Å². The molecule has 1 rings (SSSR count). The minimum atomic E-state index is -0.951. The molecule has 0 aromatic heterocycles. The summed E-state index contributed by atoms with van der Waals surface area (Å²) in [4.78, 5) is 10.7. The van der Waals surface area contributed by atoms with E-state index in [1.54, 1.807) is 6.92 Å². The minimum Gasteiger partial charge on any atom is -0.481 e. The van der Waals surface area contributed by atoms with E-state index in [2.05, 4.69) is 0 Å². The van der Waals surface area contributed by atoms with Crippen LogP contribution in [0.15, 0.2) is 18.2 Å². The summed E-state index contributed by atoms with van der Waals surface area (Å²) in [5.74, 6) is -1.48. The van der Waals surface area contributed by atoms with Gasteiger partial charge in [-0.1, -0.05) is 24.6 Å². The summed E-state index contributed by atoms with van der Waals surface area (Å²) in [6.45, 7) is 1.87. The molecule has 1 unspecified atom stereocenters. The van der Waals surface area contributed by atoms with Crippen LogP contribution in [-0.2, 0) is 10.2 Å². The van der Waals surface area contributed by atoms with Crippen LogP contribution in [0, 0.1) is 5.82 Å². The molecule has 3 nitrogen and oxygen atoms in total. The Morgan fingerprint density at radius 1 is 1.62 bits per heavy atom. The van der Waals surface area contributed by atoms with Crippen molar-refractivity contribution >= 4 is 17.6 Å². The fourth-order valence-corrected chi connectivity index (χ4v) is 1.68. The number of hydrogen-bond donors (Lipinski definition) is 2. The van der Waals surface area contributed by atoms with Crippen molar-refractivity contribution in [2.45, 2.75) is 18.8 Å². The Bertz CT molecular complexity index is 411. The van der Waals surface area contributed by atoms with Gasteiger partial charge >= 0.3 is 5.97 Å². The van der Waals surface area contributed by atoms with Crippen molar-refractivity contribution in [3.05, 3.63) is 34.6 Å². The van der Waals surface area contributed by atoms with Crippen molar-refractivity contribution in [2.24, 2.45) is 5.73 Å². The number of benzene rings is 1. The van der Waals surface area contributed by atoms with E-state index in [0.717, 1.165) is 0 Å². The molecule has 0 aliphatic carbocycles. The van der Waals surface area contributed by atoms with E-state index in [-0.39, 0.29) is 18.0 Å². The van der Waals surface area contributed by atoms with Crippen molar-refractivity contribution < 1.29 is 14.3 Å². The predicted molar refractivity (Wildman–Crippen MR) is 60.1 cm³/mol. The fourth-order valence-electron chi connectivity index (χ4n) is 1.50. The quantitative estimate of drug-likeness (QED) is 0.855. The van der Waals surface area contributed by atoms with E-state index in [1.165, 1.54) is 18.2 Å². The third-order valence-corrected chi connectivity index (χ3v) is 2.90. The van der Waals surface area contributed by atoms with Crippen LogP contribution in [0.25, 0.3) is 0 Å². The lowest BCUT2D eigenvalue weighted by Gasteiger charge is -2.26. The summed E-state index contributed by atoms with van der Waals surface area (Å²) in [6.07, 6.45) is -0.120. The summed E-state index contributed by atoms with van der Waals surface area (Å²) in [5, 5.41) is 8.78. The Labute approximate surface area is 98.0 Å². The van der Waals surface area contributed by atoms with Crippen LogP contribution >= 0.6 is 11.6 Å². The molecule has 0 amide bonds. The van der Waals surface area contributed by atoms with Crippen molar-refractivity contribution in [1.82, 2.24) is 0 Å². The highest BCUT2D eigenvalue weighted by molar-refractivity contribution is 6.30. The molecule has 0 bridgehead atoms. The standard InChI is InChI=1S/C11H13ClFNO2/c1-11(6-14,5-10(15)16)7-2-3-9(13)8(12)4-7/h2-4H,5-6,14H2,1H3,(H,15,16). The molecule has 3 N–H and O–H groups in total. The van der Waals surface area contributed by atoms with Gasteiger partial charge in [-0.05, 0) is 17.7 Å². The Kier molecular flexibility index (Phi) is 3.88. The van der Waals surface area contributed by atoms with E-state index < -0.39 is 17.2 Å². The van der Waals surface area contributed by atoms with Crippen LogP contribution in [0.2, 0.25) is 5.02 Å². The van der Waals surface area contributed by atoms with Crippen LogP contribution in [0.3, 0.4) is 0 Å². The van der Waals surface area contributed by atoms with Crippen LogP contribution in [0.5, 0.6) is 0 Å². The van der Waals surface area contributed by atoms with E-state index in [4.69, 9.17) is 22.4 Å². The number of carboxylic acids is 1. The van der Waals surface area contributed by atoms with Crippen molar-refractivity contribution in [1.29, 1.82) is 0 Å². The largest absolute Gasteiger partial charge is 0.481 e. The molecule has 0 fully saturated rings. The maximum absolute atomic E-state index is 13.0. The maximum atomic E-state index is 13.0. The highest BCUT2D eigenvalue weighted by Crippen LogP contribution is 2.29. The number of nitrogens with two attached hydrogens (primary N) is 1. The smallest absolute Gasteiger partial charge is 0.304 e. The molecule has 1 aromatic rings. The molecule has 0 spiro atoms. The number of carboxylic acid groups (broad SMARTS) is 1. The SMILES string of the molecule is CC(CN)(CC(=O)O)c1ccc(F)c(Cl)c1. The molecule has 0 aliphatic heterocycles. The molecular formula is C11H13ClFNO2. The zero-order valence-corrected chi connectivity index (χ0v) is 9.59. The average molecular weight is 246 g/mol. The van der Waals surface area contributed by atoms with Gasteiger partial charge in [0.2, 0.25) is 0 Å². The lowest BCUT2D eigenvalue weighted by molar-refractivity contribution is -0.138. The number of hydrogen-bond acceptors (Lipinski definition) is 2. The van der Waals surface area contributed by atoms with Gasteiger partial charge in [-0.25, -0.2) is 4.39 Å². The van der Waals surface area contributed by atoms with Gasteiger partial charge in [-0.15, -0.1) is 0 Å². The van der Waals surface area contributed by atoms with Crippen molar-refractivity contribution in [3.8, 4) is 0 Å². The fraction of sp³-hybridized carbons (Fsp3) is 0.364. The molecule has 0 aliphatic rings. The molecule has 88 valence electrons. The van der Waals surface area contributed by atoms with Gasteiger partial charge in [0.05, 0.1) is 11.4 Å². The average Bonchev–Trinajstić information content (AvgIpc) is 2.21. The first-order valence-electron chi connectivity index (χ1n) is 4.76. The van der Waals surface area contributed by atoms with E-state index in [0.29, 0.717) is 5.56 Å². The van der Waals surface area contributed by atoms with Gasteiger partial charge < -0.3 is 10.8 Å². The highest BCUT2D eigenvalue weighted by Gasteiger charge is 2.28. The molecule has 1 atom stereocenters.